The van der Waals surface area contributed by atoms with E-state index < -0.39 is 5.97 Å². The van der Waals surface area contributed by atoms with Crippen molar-refractivity contribution in [1.29, 1.82) is 0 Å². The number of carboxylic acid groups (broad SMARTS) is 1. The lowest BCUT2D eigenvalue weighted by Crippen LogP contribution is -2.42. The van der Waals surface area contributed by atoms with E-state index in [0.717, 1.165) is 32.1 Å². The van der Waals surface area contributed by atoms with Crippen LogP contribution < -0.4 is 0 Å². The molecule has 1 rings (SSSR count). The van der Waals surface area contributed by atoms with Gasteiger partial charge in [-0.1, -0.05) is 19.3 Å². The fourth-order valence-corrected chi connectivity index (χ4v) is 2.58. The molecule has 1 saturated carbocycles. The van der Waals surface area contributed by atoms with E-state index in [4.69, 9.17) is 9.84 Å². The van der Waals surface area contributed by atoms with Crippen LogP contribution in [0, 0.1) is 0 Å². The number of amides is 1. The largest absolute Gasteiger partial charge is 0.481 e. The van der Waals surface area contributed by atoms with Gasteiger partial charge in [-0.15, -0.1) is 0 Å². The Balaban J connectivity index is 2.43. The first-order valence-electron chi connectivity index (χ1n) is 7.30. The topological polar surface area (TPSA) is 66.8 Å². The van der Waals surface area contributed by atoms with Gasteiger partial charge in [0, 0.05) is 19.0 Å². The summed E-state index contributed by atoms with van der Waals surface area (Å²) in [5.74, 6) is -0.777. The van der Waals surface area contributed by atoms with Crippen molar-refractivity contribution in [2.45, 2.75) is 64.3 Å². The highest BCUT2D eigenvalue weighted by Crippen LogP contribution is 2.23. The zero-order valence-corrected chi connectivity index (χ0v) is 11.8. The van der Waals surface area contributed by atoms with Crippen LogP contribution in [0.4, 0.5) is 4.79 Å². The van der Waals surface area contributed by atoms with E-state index in [2.05, 4.69) is 0 Å². The quantitative estimate of drug-likeness (QED) is 0.723. The molecule has 0 heterocycles. The van der Waals surface area contributed by atoms with Crippen LogP contribution in [0.2, 0.25) is 0 Å². The third-order valence-corrected chi connectivity index (χ3v) is 3.56. The summed E-state index contributed by atoms with van der Waals surface area (Å²) < 4.78 is 5.11. The number of carbonyl (C=O) groups excluding carboxylic acids is 1. The van der Waals surface area contributed by atoms with Crippen molar-refractivity contribution in [3.8, 4) is 0 Å². The molecule has 5 nitrogen and oxygen atoms in total. The zero-order chi connectivity index (χ0) is 14.1. The Morgan fingerprint density at radius 2 is 1.89 bits per heavy atom. The molecule has 0 aromatic rings. The van der Waals surface area contributed by atoms with Gasteiger partial charge in [0.1, 0.15) is 0 Å². The summed E-state index contributed by atoms with van der Waals surface area (Å²) in [6.07, 6.45) is 6.90. The van der Waals surface area contributed by atoms with Crippen molar-refractivity contribution >= 4 is 12.1 Å². The maximum Gasteiger partial charge on any atom is 0.409 e. The lowest BCUT2D eigenvalue weighted by atomic mass is 9.94. The van der Waals surface area contributed by atoms with Crippen molar-refractivity contribution in [1.82, 2.24) is 4.90 Å². The van der Waals surface area contributed by atoms with Crippen molar-refractivity contribution in [2.24, 2.45) is 0 Å². The van der Waals surface area contributed by atoms with Crippen molar-refractivity contribution in [2.75, 3.05) is 13.2 Å². The van der Waals surface area contributed by atoms with Crippen LogP contribution in [0.15, 0.2) is 0 Å². The summed E-state index contributed by atoms with van der Waals surface area (Å²) >= 11 is 0. The number of unbranched alkanes of at least 4 members (excludes halogenated alkanes) is 1. The maximum atomic E-state index is 12.0. The van der Waals surface area contributed by atoms with Crippen LogP contribution in [0.3, 0.4) is 0 Å². The molecule has 0 unspecified atom stereocenters. The summed E-state index contributed by atoms with van der Waals surface area (Å²) in [4.78, 5) is 24.2. The Morgan fingerprint density at radius 1 is 1.21 bits per heavy atom. The molecule has 0 aromatic heterocycles. The van der Waals surface area contributed by atoms with Crippen LogP contribution >= 0.6 is 0 Å². The molecule has 1 N–H and O–H groups in total. The average Bonchev–Trinajstić information content (AvgIpc) is 2.39. The van der Waals surface area contributed by atoms with Crippen LogP contribution in [0.1, 0.15) is 58.3 Å². The number of ether oxygens (including phenoxy) is 1. The minimum atomic E-state index is -0.777. The van der Waals surface area contributed by atoms with Gasteiger partial charge in [0.25, 0.3) is 0 Å². The monoisotopic (exact) mass is 271 g/mol. The molecule has 0 radical (unpaired) electrons. The molecule has 1 aliphatic carbocycles. The molecule has 0 aromatic carbocycles. The number of aliphatic carboxylic acids is 1. The molecular weight excluding hydrogens is 246 g/mol. The van der Waals surface area contributed by atoms with Gasteiger partial charge in [-0.25, -0.2) is 4.79 Å². The van der Waals surface area contributed by atoms with E-state index in [1.165, 1.54) is 6.42 Å². The Kier molecular flexibility index (Phi) is 7.30. The van der Waals surface area contributed by atoms with E-state index in [1.807, 2.05) is 4.90 Å². The van der Waals surface area contributed by atoms with Gasteiger partial charge in [0.05, 0.1) is 6.61 Å². The maximum absolute atomic E-state index is 12.0. The molecule has 110 valence electrons. The summed E-state index contributed by atoms with van der Waals surface area (Å²) in [6, 6.07) is 0.276. The molecule has 1 fully saturated rings. The first-order valence-corrected chi connectivity index (χ1v) is 7.30. The molecule has 0 atom stereocenters. The second-order valence-electron chi connectivity index (χ2n) is 5.03. The highest BCUT2D eigenvalue weighted by atomic mass is 16.6. The Labute approximate surface area is 114 Å². The van der Waals surface area contributed by atoms with Gasteiger partial charge in [0.2, 0.25) is 0 Å². The summed E-state index contributed by atoms with van der Waals surface area (Å²) in [7, 11) is 0. The van der Waals surface area contributed by atoms with Gasteiger partial charge in [0.15, 0.2) is 0 Å². The molecule has 5 heteroatoms. The molecule has 0 spiro atoms. The second kappa shape index (κ2) is 8.77. The Hall–Kier alpha value is -1.26. The van der Waals surface area contributed by atoms with Crippen LogP contribution in [0.25, 0.3) is 0 Å². The minimum Gasteiger partial charge on any atom is -0.481 e. The lowest BCUT2D eigenvalue weighted by molar-refractivity contribution is -0.137. The smallest absolute Gasteiger partial charge is 0.409 e. The Bertz CT molecular complexity index is 287. The predicted molar refractivity (Wildman–Crippen MR) is 72.1 cm³/mol. The first kappa shape index (κ1) is 15.8. The number of rotatable bonds is 7. The third-order valence-electron chi connectivity index (χ3n) is 3.56. The fraction of sp³-hybridized carbons (Fsp3) is 0.857. The minimum absolute atomic E-state index is 0.168. The number of nitrogens with zero attached hydrogens (tertiary/aromatic N) is 1. The lowest BCUT2D eigenvalue weighted by Gasteiger charge is -2.33. The van der Waals surface area contributed by atoms with Crippen LogP contribution in [-0.2, 0) is 9.53 Å². The highest BCUT2D eigenvalue weighted by Gasteiger charge is 2.25. The fourth-order valence-electron chi connectivity index (χ4n) is 2.58. The highest BCUT2D eigenvalue weighted by molar-refractivity contribution is 5.68. The van der Waals surface area contributed by atoms with Gasteiger partial charge < -0.3 is 14.7 Å². The zero-order valence-electron chi connectivity index (χ0n) is 11.8. The normalized spacial score (nSPS) is 16.1. The molecule has 0 saturated heterocycles. The van der Waals surface area contributed by atoms with E-state index >= 15 is 0 Å². The summed E-state index contributed by atoms with van der Waals surface area (Å²) in [5.41, 5.74) is 0. The van der Waals surface area contributed by atoms with Gasteiger partial charge in [-0.3, -0.25) is 4.79 Å². The molecule has 1 aliphatic rings. The van der Waals surface area contributed by atoms with Crippen LogP contribution in [-0.4, -0.2) is 41.3 Å². The number of hydrogen-bond donors (Lipinski definition) is 1. The molecule has 1 amide bonds. The molecule has 0 aliphatic heterocycles. The molecule has 0 bridgehead atoms. The van der Waals surface area contributed by atoms with E-state index in [-0.39, 0.29) is 18.6 Å². The van der Waals surface area contributed by atoms with Crippen LogP contribution in [0.5, 0.6) is 0 Å². The SMILES string of the molecule is CCOC(=O)N(CCCCC(=O)O)C1CCCCC1. The van der Waals surface area contributed by atoms with Gasteiger partial charge in [-0.05, 0) is 32.6 Å². The third kappa shape index (κ3) is 5.94. The number of carboxylic acids is 1. The standard InChI is InChI=1S/C14H25NO4/c1-2-19-14(18)15(11-7-6-10-13(16)17)12-8-4-3-5-9-12/h12H,2-11H2,1H3,(H,16,17). The van der Waals surface area contributed by atoms with Gasteiger partial charge >= 0.3 is 12.1 Å². The molecular formula is C14H25NO4. The van der Waals surface area contributed by atoms with E-state index in [0.29, 0.717) is 19.6 Å². The average molecular weight is 271 g/mol. The summed E-state index contributed by atoms with van der Waals surface area (Å²) in [6.45, 7) is 2.80. The Morgan fingerprint density at radius 3 is 2.47 bits per heavy atom. The summed E-state index contributed by atoms with van der Waals surface area (Å²) in [5, 5.41) is 8.62. The molecule has 19 heavy (non-hydrogen) atoms. The van der Waals surface area contributed by atoms with Gasteiger partial charge in [-0.2, -0.15) is 0 Å². The number of carbonyl (C=O) groups is 2. The van der Waals surface area contributed by atoms with Crippen molar-refractivity contribution < 1.29 is 19.4 Å². The van der Waals surface area contributed by atoms with Crippen molar-refractivity contribution in [3.63, 3.8) is 0 Å². The predicted octanol–water partition coefficient (Wildman–Crippen LogP) is 3.03. The van der Waals surface area contributed by atoms with E-state index in [9.17, 15) is 9.59 Å². The van der Waals surface area contributed by atoms with E-state index in [1.54, 1.807) is 6.92 Å². The van der Waals surface area contributed by atoms with Crippen molar-refractivity contribution in [3.05, 3.63) is 0 Å². The first-order chi connectivity index (χ1) is 9.15. The number of hydrogen-bond acceptors (Lipinski definition) is 3. The second-order valence-corrected chi connectivity index (χ2v) is 5.03.